The molecule has 3 heterocycles. The number of nitrogens with two attached hydrogens (primary N) is 2. The van der Waals surface area contributed by atoms with E-state index in [2.05, 4.69) is 19.9 Å². The highest BCUT2D eigenvalue weighted by Crippen LogP contribution is 2.20. The normalized spacial score (nSPS) is 13.6. The van der Waals surface area contributed by atoms with Gasteiger partial charge in [-0.05, 0) is 24.3 Å². The average molecular weight is 422 g/mol. The minimum atomic E-state index is -0.784. The molecule has 1 aliphatic heterocycles. The molecule has 0 unspecified atom stereocenters. The molecule has 0 saturated carbocycles. The average Bonchev–Trinajstić information content (AvgIpc) is 3.06. The number of benzene rings is 1. The van der Waals surface area contributed by atoms with Gasteiger partial charge in [-0.15, -0.1) is 5.06 Å². The van der Waals surface area contributed by atoms with Gasteiger partial charge in [-0.1, -0.05) is 0 Å². The van der Waals surface area contributed by atoms with Crippen LogP contribution in [0, 0.1) is 0 Å². The van der Waals surface area contributed by atoms with Crippen LogP contribution in [-0.2, 0) is 21.0 Å². The maximum atomic E-state index is 12.2. The van der Waals surface area contributed by atoms with Gasteiger partial charge in [-0.3, -0.25) is 9.59 Å². The van der Waals surface area contributed by atoms with E-state index in [1.807, 2.05) is 11.9 Å². The predicted octanol–water partition coefficient (Wildman–Crippen LogP) is 0.441. The fourth-order valence-corrected chi connectivity index (χ4v) is 3.04. The van der Waals surface area contributed by atoms with Crippen molar-refractivity contribution in [3.8, 4) is 0 Å². The first-order chi connectivity index (χ1) is 14.8. The van der Waals surface area contributed by atoms with Crippen molar-refractivity contribution in [2.75, 3.05) is 23.4 Å². The summed E-state index contributed by atoms with van der Waals surface area (Å²) in [5.41, 5.74) is 13.7. The fourth-order valence-electron chi connectivity index (χ4n) is 3.04. The molecule has 158 valence electrons. The van der Waals surface area contributed by atoms with Crippen LogP contribution < -0.4 is 16.4 Å². The van der Waals surface area contributed by atoms with Crippen LogP contribution in [-0.4, -0.2) is 49.8 Å². The molecular formula is C19H18N8O4. The molecular weight excluding hydrogens is 404 g/mol. The van der Waals surface area contributed by atoms with Gasteiger partial charge in [0.05, 0.1) is 24.0 Å². The Morgan fingerprint density at radius 3 is 2.45 bits per heavy atom. The van der Waals surface area contributed by atoms with Crippen molar-refractivity contribution in [2.45, 2.75) is 19.4 Å². The summed E-state index contributed by atoms with van der Waals surface area (Å²) in [5.74, 6) is -1.66. The number of carbonyl (C=O) groups excluding carboxylic acids is 3. The van der Waals surface area contributed by atoms with Gasteiger partial charge in [-0.2, -0.15) is 9.97 Å². The predicted molar refractivity (Wildman–Crippen MR) is 109 cm³/mol. The topological polar surface area (TPSA) is 171 Å². The van der Waals surface area contributed by atoms with E-state index in [0.29, 0.717) is 28.5 Å². The number of hydrogen-bond donors (Lipinski definition) is 2. The largest absolute Gasteiger partial charge is 0.382 e. The molecule has 0 aliphatic carbocycles. The lowest BCUT2D eigenvalue weighted by molar-refractivity contribution is -0.172. The first-order valence-electron chi connectivity index (χ1n) is 9.25. The van der Waals surface area contributed by atoms with Gasteiger partial charge in [-0.25, -0.2) is 14.8 Å². The Balaban J connectivity index is 1.45. The number of anilines is 3. The Morgan fingerprint density at radius 1 is 1.10 bits per heavy atom. The lowest BCUT2D eigenvalue weighted by Crippen LogP contribution is -2.32. The van der Waals surface area contributed by atoms with E-state index in [-0.39, 0.29) is 30.2 Å². The number of fused-ring (bicyclic) bond motifs is 1. The molecule has 31 heavy (non-hydrogen) atoms. The van der Waals surface area contributed by atoms with E-state index in [9.17, 15) is 14.4 Å². The zero-order chi connectivity index (χ0) is 22.1. The first-order valence-corrected chi connectivity index (χ1v) is 9.25. The van der Waals surface area contributed by atoms with Crippen LogP contribution in [0.4, 0.5) is 17.5 Å². The third-order valence-electron chi connectivity index (χ3n) is 4.62. The molecule has 0 atom stereocenters. The van der Waals surface area contributed by atoms with Crippen molar-refractivity contribution >= 4 is 46.4 Å². The summed E-state index contributed by atoms with van der Waals surface area (Å²) < 4.78 is 0. The van der Waals surface area contributed by atoms with Crippen LogP contribution in [0.1, 0.15) is 28.9 Å². The molecule has 4 N–H and O–H groups in total. The number of hydrogen-bond acceptors (Lipinski definition) is 11. The quantitative estimate of drug-likeness (QED) is 0.547. The Labute approximate surface area is 175 Å². The summed E-state index contributed by atoms with van der Waals surface area (Å²) in [6, 6.07) is 6.49. The highest BCUT2D eigenvalue weighted by Gasteiger charge is 2.33. The van der Waals surface area contributed by atoms with Crippen LogP contribution >= 0.6 is 0 Å². The molecule has 2 amide bonds. The van der Waals surface area contributed by atoms with Crippen LogP contribution in [0.3, 0.4) is 0 Å². The molecule has 0 spiro atoms. The van der Waals surface area contributed by atoms with E-state index < -0.39 is 17.8 Å². The minimum absolute atomic E-state index is 0.0289. The van der Waals surface area contributed by atoms with E-state index in [4.69, 9.17) is 16.3 Å². The van der Waals surface area contributed by atoms with Gasteiger partial charge < -0.3 is 21.2 Å². The Hall–Kier alpha value is -4.35. The maximum Gasteiger partial charge on any atom is 0.363 e. The molecule has 12 heteroatoms. The second kappa shape index (κ2) is 7.82. The Morgan fingerprint density at radius 2 is 1.77 bits per heavy atom. The monoisotopic (exact) mass is 422 g/mol. The van der Waals surface area contributed by atoms with Crippen molar-refractivity contribution in [3.05, 3.63) is 41.7 Å². The standard InChI is InChI=1S/C19H18N8O4/c1-26(9-11-8-22-17-15(23-11)16(20)24-19(21)25-17)12-4-2-10(3-5-12)18(30)31-27-13(28)6-7-14(27)29/h2-5,8H,6-7,9H2,1H3,(H4,20,21,22,24,25). The molecule has 2 aromatic heterocycles. The van der Waals surface area contributed by atoms with Gasteiger partial charge >= 0.3 is 5.97 Å². The van der Waals surface area contributed by atoms with Gasteiger partial charge in [0, 0.05) is 25.6 Å². The number of nitrogen functional groups attached to an aromatic ring is 2. The number of rotatable bonds is 5. The summed E-state index contributed by atoms with van der Waals surface area (Å²) in [6.45, 7) is 0.396. The van der Waals surface area contributed by atoms with Crippen molar-refractivity contribution < 1.29 is 19.2 Å². The molecule has 3 aromatic rings. The van der Waals surface area contributed by atoms with Crippen molar-refractivity contribution in [3.63, 3.8) is 0 Å². The van der Waals surface area contributed by atoms with Gasteiger partial charge in [0.1, 0.15) is 0 Å². The zero-order valence-electron chi connectivity index (χ0n) is 16.5. The fraction of sp³-hybridized carbons (Fsp3) is 0.211. The van der Waals surface area contributed by atoms with E-state index >= 15 is 0 Å². The number of imide groups is 1. The number of carbonyl (C=O) groups is 3. The Kier molecular flexibility index (Phi) is 5.03. The summed E-state index contributed by atoms with van der Waals surface area (Å²) in [6.07, 6.45) is 1.65. The number of amides is 2. The van der Waals surface area contributed by atoms with Crippen molar-refractivity contribution in [2.24, 2.45) is 0 Å². The molecule has 0 radical (unpaired) electrons. The minimum Gasteiger partial charge on any atom is -0.382 e. The summed E-state index contributed by atoms with van der Waals surface area (Å²) in [7, 11) is 1.84. The highest BCUT2D eigenvalue weighted by atomic mass is 16.7. The zero-order valence-corrected chi connectivity index (χ0v) is 16.5. The Bertz CT molecular complexity index is 1180. The van der Waals surface area contributed by atoms with Crippen LogP contribution in [0.5, 0.6) is 0 Å². The molecule has 0 bridgehead atoms. The molecule has 1 aromatic carbocycles. The van der Waals surface area contributed by atoms with Crippen molar-refractivity contribution in [1.29, 1.82) is 0 Å². The molecule has 12 nitrogen and oxygen atoms in total. The summed E-state index contributed by atoms with van der Waals surface area (Å²) in [5, 5.41) is 0.518. The van der Waals surface area contributed by atoms with Crippen LogP contribution in [0.2, 0.25) is 0 Å². The second-order valence-electron chi connectivity index (χ2n) is 6.86. The van der Waals surface area contributed by atoms with E-state index in [1.54, 1.807) is 30.5 Å². The van der Waals surface area contributed by atoms with Gasteiger partial charge in [0.25, 0.3) is 11.8 Å². The number of aromatic nitrogens is 4. The molecule has 1 saturated heterocycles. The lowest BCUT2D eigenvalue weighted by Gasteiger charge is -2.19. The highest BCUT2D eigenvalue weighted by molar-refractivity contribution is 6.02. The SMILES string of the molecule is CN(Cc1cnc2nc(N)nc(N)c2n1)c1ccc(C(=O)ON2C(=O)CCC2=O)cc1. The molecule has 1 aliphatic rings. The van der Waals surface area contributed by atoms with Crippen LogP contribution in [0.25, 0.3) is 11.2 Å². The smallest absolute Gasteiger partial charge is 0.363 e. The third-order valence-corrected chi connectivity index (χ3v) is 4.62. The first kappa shape index (κ1) is 19.9. The van der Waals surface area contributed by atoms with Gasteiger partial charge in [0.15, 0.2) is 17.0 Å². The molecule has 4 rings (SSSR count). The van der Waals surface area contributed by atoms with E-state index in [0.717, 1.165) is 5.69 Å². The summed E-state index contributed by atoms with van der Waals surface area (Å²) >= 11 is 0. The lowest BCUT2D eigenvalue weighted by atomic mass is 10.2. The van der Waals surface area contributed by atoms with Gasteiger partial charge in [0.2, 0.25) is 5.95 Å². The van der Waals surface area contributed by atoms with Crippen LogP contribution in [0.15, 0.2) is 30.5 Å². The maximum absolute atomic E-state index is 12.2. The second-order valence-corrected chi connectivity index (χ2v) is 6.86. The van der Waals surface area contributed by atoms with E-state index in [1.165, 1.54) is 0 Å². The molecule has 1 fully saturated rings. The number of hydroxylamine groups is 2. The summed E-state index contributed by atoms with van der Waals surface area (Å²) in [4.78, 5) is 58.7. The third kappa shape index (κ3) is 4.03. The van der Waals surface area contributed by atoms with Crippen molar-refractivity contribution in [1.82, 2.24) is 25.0 Å². The number of nitrogens with zero attached hydrogens (tertiary/aromatic N) is 6.